The zero-order valence-electron chi connectivity index (χ0n) is 18.7. The SMILES string of the molecule is COC(=O)[C@H]1C[C@H](c2ccccc2)N2[C@H](c3ccccc3)[C@@H](NC(=O)c3ccccc3)C(=O)N12. The van der Waals surface area contributed by atoms with Crippen molar-refractivity contribution in [2.24, 2.45) is 0 Å². The van der Waals surface area contributed by atoms with Gasteiger partial charge in [0.05, 0.1) is 19.2 Å². The molecule has 0 spiro atoms. The Labute approximate surface area is 197 Å². The highest BCUT2D eigenvalue weighted by Gasteiger charge is 2.59. The quantitative estimate of drug-likeness (QED) is 0.598. The molecular formula is C27H25N3O4. The fourth-order valence-electron chi connectivity index (χ4n) is 5.00. The van der Waals surface area contributed by atoms with E-state index in [0.29, 0.717) is 12.0 Å². The first-order chi connectivity index (χ1) is 16.6. The van der Waals surface area contributed by atoms with E-state index in [1.165, 1.54) is 12.1 Å². The number of benzene rings is 3. The maximum atomic E-state index is 13.8. The lowest BCUT2D eigenvalue weighted by molar-refractivity contribution is -0.157. The Bertz CT molecular complexity index is 1190. The molecule has 2 aliphatic rings. The van der Waals surface area contributed by atoms with Crippen LogP contribution >= 0.6 is 0 Å². The van der Waals surface area contributed by atoms with Crippen LogP contribution in [-0.4, -0.2) is 47.0 Å². The summed E-state index contributed by atoms with van der Waals surface area (Å²) in [4.78, 5) is 39.6. The number of fused-ring (bicyclic) bond motifs is 1. The molecule has 172 valence electrons. The molecule has 0 aliphatic carbocycles. The van der Waals surface area contributed by atoms with Crippen molar-refractivity contribution in [3.63, 3.8) is 0 Å². The Hall–Kier alpha value is -3.97. The van der Waals surface area contributed by atoms with Gasteiger partial charge >= 0.3 is 5.97 Å². The molecule has 34 heavy (non-hydrogen) atoms. The standard InChI is InChI=1S/C27H25N3O4/c1-34-27(33)22-17-21(18-11-5-2-6-12-18)29-24(19-13-7-3-8-14-19)23(26(32)30(22)29)28-25(31)20-15-9-4-10-16-20/h2-16,21-24H,17H2,1H3,(H,28,31)/t21-,22-,23-,24-/m1/s1. The van der Waals surface area contributed by atoms with E-state index in [4.69, 9.17) is 4.74 Å². The van der Waals surface area contributed by atoms with Gasteiger partial charge in [-0.15, -0.1) is 0 Å². The summed E-state index contributed by atoms with van der Waals surface area (Å²) < 4.78 is 5.05. The summed E-state index contributed by atoms with van der Waals surface area (Å²) >= 11 is 0. The fraction of sp³-hybridized carbons (Fsp3) is 0.222. The van der Waals surface area contributed by atoms with Crippen LogP contribution in [0.1, 0.15) is 40.0 Å². The average Bonchev–Trinajstić information content (AvgIpc) is 3.41. The monoisotopic (exact) mass is 455 g/mol. The van der Waals surface area contributed by atoms with Gasteiger partial charge in [-0.1, -0.05) is 78.9 Å². The van der Waals surface area contributed by atoms with E-state index in [0.717, 1.165) is 11.1 Å². The molecule has 2 amide bonds. The molecule has 2 saturated heterocycles. The van der Waals surface area contributed by atoms with Crippen LogP contribution < -0.4 is 5.32 Å². The number of hydrogen-bond donors (Lipinski definition) is 1. The molecule has 2 fully saturated rings. The van der Waals surface area contributed by atoms with E-state index in [-0.39, 0.29) is 17.9 Å². The van der Waals surface area contributed by atoms with Crippen molar-refractivity contribution in [1.82, 2.24) is 15.3 Å². The molecule has 0 bridgehead atoms. The van der Waals surface area contributed by atoms with Crippen molar-refractivity contribution in [3.8, 4) is 0 Å². The third-order valence-electron chi connectivity index (χ3n) is 6.52. The van der Waals surface area contributed by atoms with Crippen molar-refractivity contribution in [2.45, 2.75) is 30.6 Å². The second-order valence-electron chi connectivity index (χ2n) is 8.44. The molecule has 4 atom stereocenters. The minimum atomic E-state index is -0.867. The van der Waals surface area contributed by atoms with Crippen LogP contribution in [0.4, 0.5) is 0 Å². The fourth-order valence-corrected chi connectivity index (χ4v) is 5.00. The van der Waals surface area contributed by atoms with Gasteiger partial charge in [0.15, 0.2) is 0 Å². The van der Waals surface area contributed by atoms with Crippen LogP contribution in [0.15, 0.2) is 91.0 Å². The number of hydrogen-bond acceptors (Lipinski definition) is 5. The van der Waals surface area contributed by atoms with Crippen molar-refractivity contribution in [1.29, 1.82) is 0 Å². The summed E-state index contributed by atoms with van der Waals surface area (Å²) in [6.07, 6.45) is 0.408. The number of nitrogens with one attached hydrogen (secondary N) is 1. The summed E-state index contributed by atoms with van der Waals surface area (Å²) in [7, 11) is 1.33. The lowest BCUT2D eigenvalue weighted by Crippen LogP contribution is -2.47. The summed E-state index contributed by atoms with van der Waals surface area (Å²) in [5, 5.41) is 6.39. The molecule has 0 saturated carbocycles. The van der Waals surface area contributed by atoms with Crippen LogP contribution in [-0.2, 0) is 14.3 Å². The first kappa shape index (κ1) is 21.9. The molecule has 2 heterocycles. The molecule has 0 radical (unpaired) electrons. The highest BCUT2D eigenvalue weighted by molar-refractivity contribution is 5.99. The summed E-state index contributed by atoms with van der Waals surface area (Å²) in [5.74, 6) is -1.14. The predicted octanol–water partition coefficient (Wildman–Crippen LogP) is 3.27. The van der Waals surface area contributed by atoms with E-state index in [9.17, 15) is 14.4 Å². The zero-order valence-corrected chi connectivity index (χ0v) is 18.7. The van der Waals surface area contributed by atoms with Gasteiger partial charge in [0.25, 0.3) is 11.8 Å². The largest absolute Gasteiger partial charge is 0.467 e. The number of ether oxygens (including phenoxy) is 1. The van der Waals surface area contributed by atoms with E-state index in [1.54, 1.807) is 24.3 Å². The maximum absolute atomic E-state index is 13.8. The molecule has 0 aromatic heterocycles. The highest BCUT2D eigenvalue weighted by atomic mass is 16.5. The van der Waals surface area contributed by atoms with Crippen molar-refractivity contribution in [2.75, 3.05) is 7.11 Å². The van der Waals surface area contributed by atoms with Crippen LogP contribution in [0.3, 0.4) is 0 Å². The zero-order chi connectivity index (χ0) is 23.7. The van der Waals surface area contributed by atoms with Crippen LogP contribution in [0, 0.1) is 0 Å². The van der Waals surface area contributed by atoms with E-state index < -0.39 is 24.1 Å². The minimum Gasteiger partial charge on any atom is -0.467 e. The summed E-state index contributed by atoms with van der Waals surface area (Å²) in [6, 6.07) is 25.8. The van der Waals surface area contributed by atoms with Gasteiger partial charge in [-0.3, -0.25) is 14.6 Å². The van der Waals surface area contributed by atoms with Crippen LogP contribution in [0.5, 0.6) is 0 Å². The normalized spacial score (nSPS) is 24.0. The minimum absolute atomic E-state index is 0.238. The number of nitrogens with zero attached hydrogens (tertiary/aromatic N) is 2. The molecule has 5 rings (SSSR count). The molecule has 7 heteroatoms. The topological polar surface area (TPSA) is 79.0 Å². The second-order valence-corrected chi connectivity index (χ2v) is 8.44. The third-order valence-corrected chi connectivity index (χ3v) is 6.52. The number of carbonyl (C=O) groups is 3. The Morgan fingerprint density at radius 2 is 1.41 bits per heavy atom. The Morgan fingerprint density at radius 1 is 0.853 bits per heavy atom. The van der Waals surface area contributed by atoms with Gasteiger partial charge in [0.2, 0.25) is 0 Å². The van der Waals surface area contributed by atoms with Crippen molar-refractivity contribution < 1.29 is 19.1 Å². The van der Waals surface area contributed by atoms with Gasteiger partial charge in [0.1, 0.15) is 12.1 Å². The number of amides is 2. The molecule has 3 aromatic rings. The lowest BCUT2D eigenvalue weighted by Gasteiger charge is -2.32. The van der Waals surface area contributed by atoms with E-state index in [1.807, 2.05) is 71.7 Å². The molecule has 3 aromatic carbocycles. The predicted molar refractivity (Wildman–Crippen MR) is 125 cm³/mol. The maximum Gasteiger partial charge on any atom is 0.330 e. The number of esters is 1. The van der Waals surface area contributed by atoms with E-state index >= 15 is 0 Å². The summed E-state index contributed by atoms with van der Waals surface area (Å²) in [5.41, 5.74) is 2.33. The number of carbonyl (C=O) groups excluding carboxylic acids is 3. The Balaban J connectivity index is 1.59. The number of hydrazine groups is 1. The second kappa shape index (κ2) is 9.11. The van der Waals surface area contributed by atoms with Crippen molar-refractivity contribution in [3.05, 3.63) is 108 Å². The van der Waals surface area contributed by atoms with Gasteiger partial charge in [-0.25, -0.2) is 9.80 Å². The molecule has 2 aliphatic heterocycles. The van der Waals surface area contributed by atoms with Crippen LogP contribution in [0.25, 0.3) is 0 Å². The van der Waals surface area contributed by atoms with Crippen LogP contribution in [0.2, 0.25) is 0 Å². The van der Waals surface area contributed by atoms with Gasteiger partial charge in [0, 0.05) is 12.0 Å². The Morgan fingerprint density at radius 3 is 2.00 bits per heavy atom. The van der Waals surface area contributed by atoms with Gasteiger partial charge in [-0.2, -0.15) is 0 Å². The molecule has 0 unspecified atom stereocenters. The summed E-state index contributed by atoms with van der Waals surface area (Å²) in [6.45, 7) is 0. The van der Waals surface area contributed by atoms with Gasteiger partial charge in [-0.05, 0) is 23.3 Å². The van der Waals surface area contributed by atoms with Gasteiger partial charge < -0.3 is 10.1 Å². The number of methoxy groups -OCH3 is 1. The highest BCUT2D eigenvalue weighted by Crippen LogP contribution is 2.48. The molecule has 7 nitrogen and oxygen atoms in total. The van der Waals surface area contributed by atoms with Crippen molar-refractivity contribution >= 4 is 17.8 Å². The lowest BCUT2D eigenvalue weighted by atomic mass is 9.94. The smallest absolute Gasteiger partial charge is 0.330 e. The Kier molecular flexibility index (Phi) is 5.86. The molecule has 1 N–H and O–H groups in total. The first-order valence-corrected chi connectivity index (χ1v) is 11.2. The average molecular weight is 456 g/mol. The van der Waals surface area contributed by atoms with E-state index in [2.05, 4.69) is 5.32 Å². The first-order valence-electron chi connectivity index (χ1n) is 11.2. The number of rotatable bonds is 5. The third kappa shape index (κ3) is 3.74. The molecular weight excluding hydrogens is 430 g/mol.